The number of aliphatic hydroxyl groups is 1. The van der Waals surface area contributed by atoms with Crippen LogP contribution in [0.2, 0.25) is 0 Å². The zero-order valence-electron chi connectivity index (χ0n) is 11.7. The number of anilines is 1. The molecule has 0 aliphatic heterocycles. The van der Waals surface area contributed by atoms with Gasteiger partial charge in [0.05, 0.1) is 6.10 Å². The smallest absolute Gasteiger partial charge is 0.0541 e. The summed E-state index contributed by atoms with van der Waals surface area (Å²) in [6.45, 7) is 6.65. The van der Waals surface area contributed by atoms with Crippen LogP contribution in [-0.2, 0) is 0 Å². The zero-order chi connectivity index (χ0) is 13.1. The van der Waals surface area contributed by atoms with Crippen molar-refractivity contribution in [1.29, 1.82) is 0 Å². The Bertz CT molecular complexity index is 392. The third kappa shape index (κ3) is 3.05. The summed E-state index contributed by atoms with van der Waals surface area (Å²) in [6, 6.07) is 7.05. The average molecular weight is 247 g/mol. The molecular formula is C16H25NO. The van der Waals surface area contributed by atoms with E-state index in [4.69, 9.17) is 0 Å². The van der Waals surface area contributed by atoms with E-state index in [1.807, 2.05) is 0 Å². The summed E-state index contributed by atoms with van der Waals surface area (Å²) >= 11 is 0. The maximum atomic E-state index is 9.56. The van der Waals surface area contributed by atoms with E-state index in [0.717, 1.165) is 25.7 Å². The highest BCUT2D eigenvalue weighted by Crippen LogP contribution is 2.30. The third-order valence-corrected chi connectivity index (χ3v) is 3.97. The van der Waals surface area contributed by atoms with Gasteiger partial charge in [0.25, 0.3) is 0 Å². The molecule has 1 saturated carbocycles. The normalized spacial score (nSPS) is 24.3. The second-order valence-electron chi connectivity index (χ2n) is 5.84. The van der Waals surface area contributed by atoms with Crippen molar-refractivity contribution in [2.75, 3.05) is 5.32 Å². The molecule has 0 bridgehead atoms. The van der Waals surface area contributed by atoms with Crippen LogP contribution in [0.3, 0.4) is 0 Å². The lowest BCUT2D eigenvalue weighted by Crippen LogP contribution is -2.29. The van der Waals surface area contributed by atoms with Crippen molar-refractivity contribution in [2.24, 2.45) is 0 Å². The Morgan fingerprint density at radius 2 is 1.83 bits per heavy atom. The molecule has 0 spiro atoms. The van der Waals surface area contributed by atoms with Crippen molar-refractivity contribution in [3.8, 4) is 0 Å². The van der Waals surface area contributed by atoms with Gasteiger partial charge in [0.2, 0.25) is 0 Å². The molecule has 1 aliphatic carbocycles. The van der Waals surface area contributed by atoms with Crippen molar-refractivity contribution >= 4 is 5.69 Å². The van der Waals surface area contributed by atoms with Crippen LogP contribution in [-0.4, -0.2) is 17.3 Å². The lowest BCUT2D eigenvalue weighted by Gasteiger charge is -2.29. The number of para-hydroxylation sites is 1. The maximum absolute atomic E-state index is 9.56. The van der Waals surface area contributed by atoms with Gasteiger partial charge in [0.15, 0.2) is 0 Å². The van der Waals surface area contributed by atoms with Crippen molar-refractivity contribution < 1.29 is 5.11 Å². The number of aryl methyl sites for hydroxylation is 1. The Balaban J connectivity index is 2.13. The molecule has 0 unspecified atom stereocenters. The molecule has 2 heteroatoms. The highest BCUT2D eigenvalue weighted by atomic mass is 16.3. The maximum Gasteiger partial charge on any atom is 0.0541 e. The van der Waals surface area contributed by atoms with E-state index in [0.29, 0.717) is 12.0 Å². The Labute approximate surface area is 110 Å². The minimum Gasteiger partial charge on any atom is -0.393 e. The molecule has 0 saturated heterocycles. The van der Waals surface area contributed by atoms with Gasteiger partial charge in [-0.05, 0) is 49.7 Å². The van der Waals surface area contributed by atoms with E-state index in [2.05, 4.69) is 44.3 Å². The van der Waals surface area contributed by atoms with Gasteiger partial charge in [-0.1, -0.05) is 32.0 Å². The Morgan fingerprint density at radius 3 is 2.44 bits per heavy atom. The number of benzene rings is 1. The number of hydrogen-bond donors (Lipinski definition) is 2. The molecule has 0 amide bonds. The Morgan fingerprint density at radius 1 is 1.17 bits per heavy atom. The van der Waals surface area contributed by atoms with E-state index in [1.54, 1.807) is 0 Å². The second kappa shape index (κ2) is 5.75. The van der Waals surface area contributed by atoms with Crippen molar-refractivity contribution in [1.82, 2.24) is 0 Å². The van der Waals surface area contributed by atoms with Gasteiger partial charge in [-0.25, -0.2) is 0 Å². The Kier molecular flexibility index (Phi) is 4.28. The van der Waals surface area contributed by atoms with Crippen molar-refractivity contribution in [3.05, 3.63) is 29.3 Å². The molecule has 0 atom stereocenters. The standard InChI is InChI=1S/C16H25NO/c1-11(2)15-6-4-5-12(3)16(15)17-13-7-9-14(18)10-8-13/h4-6,11,13-14,17-18H,7-10H2,1-3H3. The highest BCUT2D eigenvalue weighted by Gasteiger charge is 2.20. The number of aliphatic hydroxyl groups excluding tert-OH is 1. The Hall–Kier alpha value is -1.02. The minimum atomic E-state index is -0.0792. The molecule has 18 heavy (non-hydrogen) atoms. The van der Waals surface area contributed by atoms with Crippen LogP contribution < -0.4 is 5.32 Å². The van der Waals surface area contributed by atoms with Crippen LogP contribution in [0.4, 0.5) is 5.69 Å². The first-order chi connectivity index (χ1) is 8.58. The van der Waals surface area contributed by atoms with E-state index >= 15 is 0 Å². The van der Waals surface area contributed by atoms with Gasteiger partial charge < -0.3 is 10.4 Å². The molecule has 100 valence electrons. The fraction of sp³-hybridized carbons (Fsp3) is 0.625. The van der Waals surface area contributed by atoms with E-state index in [9.17, 15) is 5.11 Å². The number of nitrogens with one attached hydrogen (secondary N) is 1. The van der Waals surface area contributed by atoms with Gasteiger partial charge in [0.1, 0.15) is 0 Å². The largest absolute Gasteiger partial charge is 0.393 e. The summed E-state index contributed by atoms with van der Waals surface area (Å²) in [5.41, 5.74) is 4.04. The molecule has 1 aromatic rings. The lowest BCUT2D eigenvalue weighted by atomic mass is 9.91. The van der Waals surface area contributed by atoms with Crippen LogP contribution in [0.15, 0.2) is 18.2 Å². The van der Waals surface area contributed by atoms with Crippen LogP contribution >= 0.6 is 0 Å². The van der Waals surface area contributed by atoms with Gasteiger partial charge in [-0.2, -0.15) is 0 Å². The molecule has 0 aromatic heterocycles. The minimum absolute atomic E-state index is 0.0792. The predicted molar refractivity (Wildman–Crippen MR) is 77.2 cm³/mol. The van der Waals surface area contributed by atoms with Gasteiger partial charge in [0, 0.05) is 11.7 Å². The number of hydrogen-bond acceptors (Lipinski definition) is 2. The molecule has 1 aliphatic rings. The summed E-state index contributed by atoms with van der Waals surface area (Å²) in [7, 11) is 0. The average Bonchev–Trinajstić information content (AvgIpc) is 2.34. The molecule has 1 aromatic carbocycles. The second-order valence-corrected chi connectivity index (χ2v) is 5.84. The van der Waals surface area contributed by atoms with Crippen LogP contribution in [0.5, 0.6) is 0 Å². The third-order valence-electron chi connectivity index (χ3n) is 3.97. The molecule has 0 radical (unpaired) electrons. The molecular weight excluding hydrogens is 222 g/mol. The van der Waals surface area contributed by atoms with Gasteiger partial charge >= 0.3 is 0 Å². The molecule has 1 fully saturated rings. The summed E-state index contributed by atoms with van der Waals surface area (Å²) in [5, 5.41) is 13.3. The highest BCUT2D eigenvalue weighted by molar-refractivity contribution is 5.59. The van der Waals surface area contributed by atoms with Crippen LogP contribution in [0, 0.1) is 6.92 Å². The first-order valence-electron chi connectivity index (χ1n) is 7.12. The summed E-state index contributed by atoms with van der Waals surface area (Å²) in [4.78, 5) is 0. The van der Waals surface area contributed by atoms with E-state index < -0.39 is 0 Å². The quantitative estimate of drug-likeness (QED) is 0.850. The SMILES string of the molecule is Cc1cccc(C(C)C)c1NC1CCC(O)CC1. The lowest BCUT2D eigenvalue weighted by molar-refractivity contribution is 0.126. The fourth-order valence-electron chi connectivity index (χ4n) is 2.79. The van der Waals surface area contributed by atoms with Crippen molar-refractivity contribution in [2.45, 2.75) is 64.5 Å². The monoisotopic (exact) mass is 247 g/mol. The number of rotatable bonds is 3. The first kappa shape index (κ1) is 13.4. The van der Waals surface area contributed by atoms with Crippen molar-refractivity contribution in [3.63, 3.8) is 0 Å². The topological polar surface area (TPSA) is 32.3 Å². The molecule has 2 rings (SSSR count). The molecule has 0 heterocycles. The summed E-state index contributed by atoms with van der Waals surface area (Å²) < 4.78 is 0. The summed E-state index contributed by atoms with van der Waals surface area (Å²) in [5.74, 6) is 0.543. The fourth-order valence-corrected chi connectivity index (χ4v) is 2.79. The van der Waals surface area contributed by atoms with Gasteiger partial charge in [-0.3, -0.25) is 0 Å². The van der Waals surface area contributed by atoms with E-state index in [-0.39, 0.29) is 6.10 Å². The summed E-state index contributed by atoms with van der Waals surface area (Å²) in [6.07, 6.45) is 3.94. The van der Waals surface area contributed by atoms with E-state index in [1.165, 1.54) is 16.8 Å². The molecule has 2 N–H and O–H groups in total. The molecule has 2 nitrogen and oxygen atoms in total. The zero-order valence-corrected chi connectivity index (χ0v) is 11.7. The first-order valence-corrected chi connectivity index (χ1v) is 7.12. The van der Waals surface area contributed by atoms with Gasteiger partial charge in [-0.15, -0.1) is 0 Å². The van der Waals surface area contributed by atoms with Crippen LogP contribution in [0.25, 0.3) is 0 Å². The van der Waals surface area contributed by atoms with Crippen LogP contribution in [0.1, 0.15) is 56.6 Å². The predicted octanol–water partition coefficient (Wildman–Crippen LogP) is 3.83.